The van der Waals surface area contributed by atoms with Crippen molar-refractivity contribution in [2.75, 3.05) is 11.5 Å². The van der Waals surface area contributed by atoms with E-state index in [2.05, 4.69) is 0 Å². The predicted octanol–water partition coefficient (Wildman–Crippen LogP) is 2.22. The minimum Gasteiger partial charge on any atom is -0.399 e. The second kappa shape index (κ2) is 4.44. The Morgan fingerprint density at radius 1 is 0.562 bits per heavy atom. The lowest BCUT2D eigenvalue weighted by molar-refractivity contribution is -0.0999. The number of benzene rings is 2. The van der Waals surface area contributed by atoms with Crippen molar-refractivity contribution in [1.82, 2.24) is 0 Å². The van der Waals surface area contributed by atoms with Crippen molar-refractivity contribution in [3.8, 4) is 11.5 Å². The van der Waals surface area contributed by atoms with Gasteiger partial charge in [0.25, 0.3) is 0 Å². The molecule has 0 saturated carbocycles. The lowest BCUT2D eigenvalue weighted by Gasteiger charge is -2.05. The van der Waals surface area contributed by atoms with Crippen molar-refractivity contribution in [2.45, 2.75) is 0 Å². The molecule has 0 radical (unpaired) electrons. The van der Waals surface area contributed by atoms with E-state index in [9.17, 15) is 0 Å². The van der Waals surface area contributed by atoms with Crippen molar-refractivity contribution < 1.29 is 9.78 Å². The number of nitrogen functional groups attached to an aromatic ring is 2. The lowest BCUT2D eigenvalue weighted by Crippen LogP contribution is -2.00. The summed E-state index contributed by atoms with van der Waals surface area (Å²) >= 11 is 0. The summed E-state index contributed by atoms with van der Waals surface area (Å²) in [6, 6.07) is 13.9. The molecule has 2 aromatic rings. The third-order valence-electron chi connectivity index (χ3n) is 1.99. The fourth-order valence-electron chi connectivity index (χ4n) is 1.14. The largest absolute Gasteiger partial charge is 0.399 e. The molecule has 0 aliphatic heterocycles. The van der Waals surface area contributed by atoms with E-state index >= 15 is 0 Å². The van der Waals surface area contributed by atoms with E-state index in [-0.39, 0.29) is 0 Å². The normalized spacial score (nSPS) is 9.75. The second-order valence-electron chi connectivity index (χ2n) is 3.30. The van der Waals surface area contributed by atoms with Crippen LogP contribution in [0.15, 0.2) is 48.5 Å². The van der Waals surface area contributed by atoms with Crippen LogP contribution < -0.4 is 21.2 Å². The van der Waals surface area contributed by atoms with Crippen LogP contribution >= 0.6 is 0 Å². The maximum absolute atomic E-state index is 5.54. The Kier molecular flexibility index (Phi) is 2.82. The van der Waals surface area contributed by atoms with Crippen LogP contribution in [0.25, 0.3) is 0 Å². The summed E-state index contributed by atoms with van der Waals surface area (Å²) in [6.45, 7) is 0. The SMILES string of the molecule is Nc1ccc(OOc2ccc(N)cc2)cc1. The zero-order valence-corrected chi connectivity index (χ0v) is 8.59. The first-order chi connectivity index (χ1) is 7.74. The highest BCUT2D eigenvalue weighted by Gasteiger charge is 1.97. The number of anilines is 2. The number of rotatable bonds is 3. The number of nitrogens with two attached hydrogens (primary N) is 2. The molecule has 4 N–H and O–H groups in total. The fourth-order valence-corrected chi connectivity index (χ4v) is 1.14. The van der Waals surface area contributed by atoms with Gasteiger partial charge in [-0.05, 0) is 48.5 Å². The van der Waals surface area contributed by atoms with E-state index in [1.807, 2.05) is 0 Å². The molecular weight excluding hydrogens is 204 g/mol. The Morgan fingerprint density at radius 3 is 1.19 bits per heavy atom. The summed E-state index contributed by atoms with van der Waals surface area (Å²) in [4.78, 5) is 10.2. The van der Waals surface area contributed by atoms with Crippen molar-refractivity contribution in [3.05, 3.63) is 48.5 Å². The summed E-state index contributed by atoms with van der Waals surface area (Å²) < 4.78 is 0. The smallest absolute Gasteiger partial charge is 0.178 e. The Balaban J connectivity index is 1.97. The Labute approximate surface area is 93.3 Å². The van der Waals surface area contributed by atoms with E-state index in [0.717, 1.165) is 0 Å². The molecule has 0 bridgehead atoms. The van der Waals surface area contributed by atoms with E-state index in [1.165, 1.54) is 0 Å². The standard InChI is InChI=1S/C12H12N2O2/c13-9-1-5-11(6-2-9)15-16-12-7-3-10(14)4-8-12/h1-8H,13-14H2. The van der Waals surface area contributed by atoms with Crippen LogP contribution in [0.3, 0.4) is 0 Å². The lowest BCUT2D eigenvalue weighted by atomic mass is 10.3. The van der Waals surface area contributed by atoms with Crippen molar-refractivity contribution in [1.29, 1.82) is 0 Å². The third-order valence-corrected chi connectivity index (χ3v) is 1.99. The summed E-state index contributed by atoms with van der Waals surface area (Å²) in [5.41, 5.74) is 12.4. The first-order valence-corrected chi connectivity index (χ1v) is 4.79. The van der Waals surface area contributed by atoms with E-state index in [4.69, 9.17) is 21.2 Å². The highest BCUT2D eigenvalue weighted by molar-refractivity contribution is 5.42. The molecule has 0 aliphatic carbocycles. The van der Waals surface area contributed by atoms with Gasteiger partial charge < -0.3 is 11.5 Å². The van der Waals surface area contributed by atoms with Crippen LogP contribution in [0.4, 0.5) is 11.4 Å². The summed E-state index contributed by atoms with van der Waals surface area (Å²) in [5, 5.41) is 0. The molecular formula is C12H12N2O2. The highest BCUT2D eigenvalue weighted by atomic mass is 17.2. The van der Waals surface area contributed by atoms with E-state index < -0.39 is 0 Å². The molecule has 0 amide bonds. The van der Waals surface area contributed by atoms with Gasteiger partial charge in [0.05, 0.1) is 0 Å². The maximum atomic E-state index is 5.54. The topological polar surface area (TPSA) is 70.5 Å². The molecule has 0 unspecified atom stereocenters. The van der Waals surface area contributed by atoms with Crippen LogP contribution in [0.2, 0.25) is 0 Å². The minimum absolute atomic E-state index is 0.589. The molecule has 82 valence electrons. The van der Waals surface area contributed by atoms with Crippen LogP contribution in [0, 0.1) is 0 Å². The van der Waals surface area contributed by atoms with Crippen LogP contribution in [-0.2, 0) is 0 Å². The Hall–Kier alpha value is -2.36. The molecule has 0 aliphatic rings. The van der Waals surface area contributed by atoms with E-state index in [1.54, 1.807) is 48.5 Å². The molecule has 4 nitrogen and oxygen atoms in total. The average molecular weight is 216 g/mol. The van der Waals surface area contributed by atoms with Gasteiger partial charge in [-0.15, -0.1) is 0 Å². The van der Waals surface area contributed by atoms with Gasteiger partial charge in [0.1, 0.15) is 0 Å². The third kappa shape index (κ3) is 2.57. The molecule has 0 fully saturated rings. The fraction of sp³-hybridized carbons (Fsp3) is 0. The van der Waals surface area contributed by atoms with Crippen LogP contribution in [0.5, 0.6) is 11.5 Å². The minimum atomic E-state index is 0.589. The average Bonchev–Trinajstić information content (AvgIpc) is 2.30. The number of hydrogen-bond donors (Lipinski definition) is 2. The molecule has 4 heteroatoms. The van der Waals surface area contributed by atoms with Crippen molar-refractivity contribution >= 4 is 11.4 Å². The summed E-state index contributed by atoms with van der Waals surface area (Å²) in [6.07, 6.45) is 0. The predicted molar refractivity (Wildman–Crippen MR) is 63.0 cm³/mol. The van der Waals surface area contributed by atoms with Gasteiger partial charge in [-0.2, -0.15) is 0 Å². The molecule has 0 spiro atoms. The summed E-state index contributed by atoms with van der Waals surface area (Å²) in [5.74, 6) is 1.18. The van der Waals surface area contributed by atoms with Gasteiger partial charge in [0.15, 0.2) is 11.5 Å². The van der Waals surface area contributed by atoms with E-state index in [0.29, 0.717) is 22.9 Å². The molecule has 2 rings (SSSR count). The Morgan fingerprint density at radius 2 is 0.875 bits per heavy atom. The van der Waals surface area contributed by atoms with Crippen molar-refractivity contribution in [3.63, 3.8) is 0 Å². The van der Waals surface area contributed by atoms with Gasteiger partial charge in [0.2, 0.25) is 0 Å². The van der Waals surface area contributed by atoms with Crippen LogP contribution in [-0.4, -0.2) is 0 Å². The maximum Gasteiger partial charge on any atom is 0.178 e. The first kappa shape index (κ1) is 10.2. The quantitative estimate of drug-likeness (QED) is 0.469. The highest BCUT2D eigenvalue weighted by Crippen LogP contribution is 2.17. The van der Waals surface area contributed by atoms with Crippen LogP contribution in [0.1, 0.15) is 0 Å². The first-order valence-electron chi connectivity index (χ1n) is 4.79. The molecule has 2 aromatic carbocycles. The van der Waals surface area contributed by atoms with Gasteiger partial charge >= 0.3 is 0 Å². The zero-order chi connectivity index (χ0) is 11.4. The molecule has 0 heterocycles. The zero-order valence-electron chi connectivity index (χ0n) is 8.59. The molecule has 0 aromatic heterocycles. The van der Waals surface area contributed by atoms with Crippen molar-refractivity contribution in [2.24, 2.45) is 0 Å². The molecule has 0 atom stereocenters. The number of hydrogen-bond acceptors (Lipinski definition) is 4. The molecule has 16 heavy (non-hydrogen) atoms. The summed E-state index contributed by atoms with van der Waals surface area (Å²) in [7, 11) is 0. The van der Waals surface area contributed by atoms with Gasteiger partial charge in [0, 0.05) is 11.4 Å². The molecule has 0 saturated heterocycles. The van der Waals surface area contributed by atoms with Gasteiger partial charge in [-0.3, -0.25) is 9.78 Å². The van der Waals surface area contributed by atoms with Gasteiger partial charge in [-0.1, -0.05) is 0 Å². The monoisotopic (exact) mass is 216 g/mol. The van der Waals surface area contributed by atoms with Gasteiger partial charge in [-0.25, -0.2) is 0 Å². The second-order valence-corrected chi connectivity index (χ2v) is 3.30. The Bertz CT molecular complexity index is 406.